The molecule has 2 heterocycles. The Kier molecular flexibility index (Phi) is 3.23. The van der Waals surface area contributed by atoms with Crippen molar-refractivity contribution >= 4 is 33.6 Å². The summed E-state index contributed by atoms with van der Waals surface area (Å²) in [6.07, 6.45) is 0. The molecule has 0 atom stereocenters. The van der Waals surface area contributed by atoms with Gasteiger partial charge in [0.2, 0.25) is 0 Å². The second-order valence-electron chi connectivity index (χ2n) is 6.49. The van der Waals surface area contributed by atoms with Gasteiger partial charge in [0.25, 0.3) is 11.8 Å². The number of aromatic hydroxyl groups is 2. The molecule has 1 aromatic heterocycles. The average molecular weight is 339 g/mol. The van der Waals surface area contributed by atoms with Crippen LogP contribution < -0.4 is 0 Å². The van der Waals surface area contributed by atoms with Gasteiger partial charge >= 0.3 is 0 Å². The zero-order valence-corrected chi connectivity index (χ0v) is 13.8. The Morgan fingerprint density at radius 2 is 1.76 bits per heavy atom. The lowest BCUT2D eigenvalue weighted by atomic mass is 10.0. The van der Waals surface area contributed by atoms with Crippen molar-refractivity contribution in [1.29, 1.82) is 0 Å². The van der Waals surface area contributed by atoms with Crippen LogP contribution in [-0.4, -0.2) is 64.0 Å². The van der Waals surface area contributed by atoms with E-state index in [0.29, 0.717) is 46.0 Å². The van der Waals surface area contributed by atoms with E-state index in [1.165, 1.54) is 17.0 Å². The fourth-order valence-corrected chi connectivity index (χ4v) is 3.29. The minimum atomic E-state index is -0.332. The summed E-state index contributed by atoms with van der Waals surface area (Å²) in [7, 11) is 3.76. The van der Waals surface area contributed by atoms with Gasteiger partial charge in [-0.25, -0.2) is 0 Å². The van der Waals surface area contributed by atoms with Gasteiger partial charge in [0.1, 0.15) is 0 Å². The van der Waals surface area contributed by atoms with Crippen LogP contribution in [0, 0.1) is 0 Å². The van der Waals surface area contributed by atoms with Crippen LogP contribution in [0.25, 0.3) is 21.8 Å². The third-order valence-corrected chi connectivity index (χ3v) is 4.56. The molecule has 0 radical (unpaired) electrons. The second-order valence-corrected chi connectivity index (χ2v) is 6.49. The normalized spacial score (nSPS) is 14.3. The minimum absolute atomic E-state index is 0.245. The number of imide groups is 1. The summed E-state index contributed by atoms with van der Waals surface area (Å²) >= 11 is 0. The molecule has 4 rings (SSSR count). The molecular formula is C18H17N3O4. The first-order valence-corrected chi connectivity index (χ1v) is 7.89. The number of phenols is 2. The molecule has 0 aliphatic carbocycles. The molecular weight excluding hydrogens is 322 g/mol. The lowest BCUT2D eigenvalue weighted by Gasteiger charge is -2.16. The summed E-state index contributed by atoms with van der Waals surface area (Å²) in [5.41, 5.74) is 1.97. The van der Waals surface area contributed by atoms with E-state index in [1.54, 1.807) is 12.1 Å². The van der Waals surface area contributed by atoms with Crippen LogP contribution in [0.5, 0.6) is 11.5 Å². The summed E-state index contributed by atoms with van der Waals surface area (Å²) in [5.74, 6) is -1.15. The number of nitrogens with zero attached hydrogens (tertiary/aromatic N) is 2. The Bertz CT molecular complexity index is 1050. The lowest BCUT2D eigenvalue weighted by molar-refractivity contribution is 0.0645. The number of fused-ring (bicyclic) bond motifs is 5. The number of hydrogen-bond acceptors (Lipinski definition) is 5. The topological polar surface area (TPSA) is 96.9 Å². The van der Waals surface area contributed by atoms with Crippen molar-refractivity contribution in [3.63, 3.8) is 0 Å². The predicted octanol–water partition coefficient (Wildman–Crippen LogP) is 1.89. The number of nitrogens with one attached hydrogen (secondary N) is 1. The number of hydrogen-bond donors (Lipinski definition) is 3. The molecule has 128 valence electrons. The van der Waals surface area contributed by atoms with Crippen molar-refractivity contribution < 1.29 is 19.8 Å². The van der Waals surface area contributed by atoms with E-state index in [2.05, 4.69) is 4.98 Å². The summed E-state index contributed by atoms with van der Waals surface area (Å²) in [6.45, 7) is 0.895. The number of rotatable bonds is 3. The van der Waals surface area contributed by atoms with E-state index in [9.17, 15) is 19.8 Å². The first-order valence-electron chi connectivity index (χ1n) is 7.89. The molecule has 1 aliphatic heterocycles. The maximum Gasteiger partial charge on any atom is 0.262 e. The Morgan fingerprint density at radius 3 is 2.48 bits per heavy atom. The number of phenolic OH excluding ortho intramolecular Hbond substituents is 2. The lowest BCUT2D eigenvalue weighted by Crippen LogP contribution is -2.35. The largest absolute Gasteiger partial charge is 0.504 e. The van der Waals surface area contributed by atoms with Crippen molar-refractivity contribution in [2.24, 2.45) is 0 Å². The fraction of sp³-hybridized carbons (Fsp3) is 0.222. The summed E-state index contributed by atoms with van der Waals surface area (Å²) in [6, 6.07) is 6.19. The summed E-state index contributed by atoms with van der Waals surface area (Å²) < 4.78 is 0. The maximum atomic E-state index is 12.9. The van der Waals surface area contributed by atoms with Crippen molar-refractivity contribution in [2.75, 3.05) is 27.2 Å². The van der Waals surface area contributed by atoms with E-state index in [0.717, 1.165) is 0 Å². The number of amides is 2. The monoisotopic (exact) mass is 339 g/mol. The van der Waals surface area contributed by atoms with Gasteiger partial charge in [0, 0.05) is 35.4 Å². The van der Waals surface area contributed by atoms with Gasteiger partial charge in [0.05, 0.1) is 16.6 Å². The Hall–Kier alpha value is -3.06. The van der Waals surface area contributed by atoms with E-state index in [1.807, 2.05) is 19.0 Å². The van der Waals surface area contributed by atoms with E-state index in [-0.39, 0.29) is 23.3 Å². The highest BCUT2D eigenvalue weighted by Gasteiger charge is 2.37. The molecule has 2 aromatic carbocycles. The number of benzene rings is 2. The Balaban J connectivity index is 1.94. The van der Waals surface area contributed by atoms with Gasteiger partial charge in [-0.1, -0.05) is 0 Å². The highest BCUT2D eigenvalue weighted by molar-refractivity contribution is 6.30. The molecule has 0 bridgehead atoms. The zero-order chi connectivity index (χ0) is 17.9. The highest BCUT2D eigenvalue weighted by atomic mass is 16.3. The van der Waals surface area contributed by atoms with Gasteiger partial charge in [0.15, 0.2) is 11.5 Å². The van der Waals surface area contributed by atoms with Crippen LogP contribution in [0.3, 0.4) is 0 Å². The van der Waals surface area contributed by atoms with Crippen LogP contribution >= 0.6 is 0 Å². The van der Waals surface area contributed by atoms with Gasteiger partial charge in [-0.05, 0) is 32.3 Å². The first-order chi connectivity index (χ1) is 11.9. The quantitative estimate of drug-likeness (QED) is 0.500. The van der Waals surface area contributed by atoms with Crippen LogP contribution in [0.2, 0.25) is 0 Å². The minimum Gasteiger partial charge on any atom is -0.504 e. The number of aromatic nitrogens is 1. The fourth-order valence-electron chi connectivity index (χ4n) is 3.29. The third-order valence-electron chi connectivity index (χ3n) is 4.56. The van der Waals surface area contributed by atoms with Crippen molar-refractivity contribution in [2.45, 2.75) is 0 Å². The van der Waals surface area contributed by atoms with Gasteiger partial charge in [-0.3, -0.25) is 14.5 Å². The number of aromatic amines is 1. The predicted molar refractivity (Wildman–Crippen MR) is 93.1 cm³/mol. The zero-order valence-electron chi connectivity index (χ0n) is 13.8. The van der Waals surface area contributed by atoms with E-state index < -0.39 is 0 Å². The van der Waals surface area contributed by atoms with Crippen LogP contribution in [0.15, 0.2) is 24.3 Å². The summed E-state index contributed by atoms with van der Waals surface area (Å²) in [5, 5.41) is 20.7. The summed E-state index contributed by atoms with van der Waals surface area (Å²) in [4.78, 5) is 31.8. The highest BCUT2D eigenvalue weighted by Crippen LogP contribution is 2.39. The standard InChI is InChI=1S/C18H17N3O4/c1-20(2)5-6-21-17(24)9-3-4-11-15(16(9)18(21)25)10-7-13(22)14(23)8-12(10)19-11/h3-4,7-8,19,22-23H,5-6H2,1-2H3. The smallest absolute Gasteiger partial charge is 0.262 e. The average Bonchev–Trinajstić information content (AvgIpc) is 3.02. The van der Waals surface area contributed by atoms with E-state index >= 15 is 0 Å². The molecule has 0 spiro atoms. The Morgan fingerprint density at radius 1 is 1.04 bits per heavy atom. The molecule has 2 amide bonds. The molecule has 7 heteroatoms. The van der Waals surface area contributed by atoms with Gasteiger partial charge in [-0.15, -0.1) is 0 Å². The number of carbonyl (C=O) groups excluding carboxylic acids is 2. The van der Waals surface area contributed by atoms with Crippen LogP contribution in [-0.2, 0) is 0 Å². The van der Waals surface area contributed by atoms with Crippen LogP contribution in [0.4, 0.5) is 0 Å². The number of carbonyl (C=O) groups is 2. The number of likely N-dealkylation sites (N-methyl/N-ethyl adjacent to an activating group) is 1. The SMILES string of the molecule is CN(C)CCN1C(=O)c2ccc3[nH]c4cc(O)c(O)cc4c3c2C1=O. The molecule has 3 aromatic rings. The van der Waals surface area contributed by atoms with Crippen molar-refractivity contribution in [1.82, 2.24) is 14.8 Å². The Labute approximate surface area is 143 Å². The molecule has 0 fully saturated rings. The van der Waals surface area contributed by atoms with Crippen LogP contribution in [0.1, 0.15) is 20.7 Å². The van der Waals surface area contributed by atoms with Gasteiger partial charge < -0.3 is 20.1 Å². The molecule has 0 saturated carbocycles. The van der Waals surface area contributed by atoms with Gasteiger partial charge in [-0.2, -0.15) is 0 Å². The number of H-pyrrole nitrogens is 1. The molecule has 25 heavy (non-hydrogen) atoms. The first kappa shape index (κ1) is 15.5. The molecule has 0 unspecified atom stereocenters. The van der Waals surface area contributed by atoms with Crippen molar-refractivity contribution in [3.8, 4) is 11.5 Å². The third kappa shape index (κ3) is 2.16. The second kappa shape index (κ2) is 5.22. The molecule has 3 N–H and O–H groups in total. The molecule has 1 aliphatic rings. The molecule has 0 saturated heterocycles. The van der Waals surface area contributed by atoms with E-state index in [4.69, 9.17) is 0 Å². The molecule has 7 nitrogen and oxygen atoms in total. The van der Waals surface area contributed by atoms with Crippen molar-refractivity contribution in [3.05, 3.63) is 35.4 Å². The maximum absolute atomic E-state index is 12.9.